The van der Waals surface area contributed by atoms with E-state index < -0.39 is 0 Å². The second kappa shape index (κ2) is 3.84. The number of carbonyl (C=O) groups excluding carboxylic acids is 1. The largest absolute Gasteiger partial charge is 0.307 e. The first-order valence-electron chi connectivity index (χ1n) is 6.14. The van der Waals surface area contributed by atoms with E-state index in [4.69, 9.17) is 0 Å². The van der Waals surface area contributed by atoms with Crippen LogP contribution >= 0.6 is 15.9 Å². The number of rotatable bonds is 0. The molecule has 1 aliphatic carbocycles. The molecule has 0 spiro atoms. The van der Waals surface area contributed by atoms with Crippen molar-refractivity contribution < 1.29 is 4.79 Å². The van der Waals surface area contributed by atoms with Crippen LogP contribution in [0.5, 0.6) is 0 Å². The van der Waals surface area contributed by atoms with E-state index in [1.165, 1.54) is 23.2 Å². The molecule has 3 heteroatoms. The van der Waals surface area contributed by atoms with Crippen molar-refractivity contribution in [1.29, 1.82) is 0 Å². The first-order chi connectivity index (χ1) is 8.11. The fraction of sp³-hybridized carbons (Fsp3) is 0.500. The maximum atomic E-state index is 12.0. The smallest absolute Gasteiger partial charge is 0.224 e. The summed E-state index contributed by atoms with van der Waals surface area (Å²) in [4.78, 5) is 14.4. The number of anilines is 1. The number of fused-ring (bicyclic) bond motifs is 3. The van der Waals surface area contributed by atoms with Crippen LogP contribution in [0, 0.1) is 6.92 Å². The van der Waals surface area contributed by atoms with Gasteiger partial charge in [0.05, 0.1) is 11.7 Å². The number of carbonyl (C=O) groups is 1. The molecule has 3 unspecified atom stereocenters. The third-order valence-corrected chi connectivity index (χ3v) is 5.08. The van der Waals surface area contributed by atoms with E-state index in [2.05, 4.69) is 41.1 Å². The van der Waals surface area contributed by atoms with Crippen molar-refractivity contribution in [1.82, 2.24) is 0 Å². The van der Waals surface area contributed by atoms with Gasteiger partial charge in [0.25, 0.3) is 0 Å². The minimum absolute atomic E-state index is 0.166. The predicted molar refractivity (Wildman–Crippen MR) is 72.8 cm³/mol. The van der Waals surface area contributed by atoms with E-state index in [1.807, 2.05) is 4.90 Å². The maximum absolute atomic E-state index is 12.0. The lowest BCUT2D eigenvalue weighted by molar-refractivity contribution is -0.116. The zero-order chi connectivity index (χ0) is 12.2. The van der Waals surface area contributed by atoms with E-state index in [9.17, 15) is 4.79 Å². The standard InChI is InChI=1S/C14H16BrNO/c1-8-4-3-5-10-11-6-7-12(15)14(11)16(9(2)17)13(8)10/h3-5,11-12,14H,6-7H2,1-2H3. The summed E-state index contributed by atoms with van der Waals surface area (Å²) in [5, 5.41) is 0. The molecule has 1 aliphatic heterocycles. The SMILES string of the molecule is CC(=O)N1c2c(C)cccc2C2CCC(Br)C21. The third-order valence-electron chi connectivity index (χ3n) is 4.08. The topological polar surface area (TPSA) is 20.3 Å². The van der Waals surface area contributed by atoms with Crippen LogP contribution in [0.2, 0.25) is 0 Å². The average molecular weight is 294 g/mol. The molecule has 2 aliphatic rings. The second-order valence-corrected chi connectivity index (χ2v) is 6.27. The third kappa shape index (κ3) is 1.48. The van der Waals surface area contributed by atoms with E-state index in [0.29, 0.717) is 16.8 Å². The average Bonchev–Trinajstić information content (AvgIpc) is 2.79. The number of hydrogen-bond acceptors (Lipinski definition) is 1. The monoisotopic (exact) mass is 293 g/mol. The molecule has 0 N–H and O–H groups in total. The normalized spacial score (nSPS) is 30.3. The van der Waals surface area contributed by atoms with Crippen LogP contribution in [0.15, 0.2) is 18.2 Å². The molecule has 1 amide bonds. The Morgan fingerprint density at radius 2 is 2.18 bits per heavy atom. The van der Waals surface area contributed by atoms with Crippen LogP contribution in [0.3, 0.4) is 0 Å². The van der Waals surface area contributed by atoms with Crippen LogP contribution in [-0.2, 0) is 4.79 Å². The highest BCUT2D eigenvalue weighted by atomic mass is 79.9. The van der Waals surface area contributed by atoms with E-state index in [1.54, 1.807) is 6.92 Å². The lowest BCUT2D eigenvalue weighted by Crippen LogP contribution is -2.40. The van der Waals surface area contributed by atoms with Gasteiger partial charge in [-0.1, -0.05) is 34.1 Å². The Morgan fingerprint density at radius 3 is 2.88 bits per heavy atom. The zero-order valence-corrected chi connectivity index (χ0v) is 11.7. The lowest BCUT2D eigenvalue weighted by Gasteiger charge is -2.27. The van der Waals surface area contributed by atoms with Crippen molar-refractivity contribution >= 4 is 27.5 Å². The van der Waals surface area contributed by atoms with Crippen LogP contribution in [0.4, 0.5) is 5.69 Å². The molecule has 2 nitrogen and oxygen atoms in total. The van der Waals surface area contributed by atoms with Gasteiger partial charge in [-0.2, -0.15) is 0 Å². The van der Waals surface area contributed by atoms with Gasteiger partial charge in [-0.05, 0) is 30.9 Å². The van der Waals surface area contributed by atoms with Crippen LogP contribution in [0.1, 0.15) is 36.8 Å². The minimum atomic E-state index is 0.166. The van der Waals surface area contributed by atoms with Crippen molar-refractivity contribution in [2.45, 2.75) is 43.5 Å². The molecule has 1 fully saturated rings. The zero-order valence-electron chi connectivity index (χ0n) is 10.1. The number of amides is 1. The summed E-state index contributed by atoms with van der Waals surface area (Å²) >= 11 is 3.74. The van der Waals surface area contributed by atoms with Crippen LogP contribution in [-0.4, -0.2) is 16.8 Å². The van der Waals surface area contributed by atoms with Crippen molar-refractivity contribution in [3.63, 3.8) is 0 Å². The molecule has 1 aromatic carbocycles. The number of nitrogens with zero attached hydrogens (tertiary/aromatic N) is 1. The van der Waals surface area contributed by atoms with Crippen molar-refractivity contribution in [2.75, 3.05) is 4.90 Å². The summed E-state index contributed by atoms with van der Waals surface area (Å²) in [5.74, 6) is 0.692. The summed E-state index contributed by atoms with van der Waals surface area (Å²) in [6, 6.07) is 6.72. The molecule has 3 atom stereocenters. The Kier molecular flexibility index (Phi) is 2.54. The first kappa shape index (κ1) is 11.3. The maximum Gasteiger partial charge on any atom is 0.224 e. The minimum Gasteiger partial charge on any atom is -0.307 e. The molecular formula is C14H16BrNO. The Hall–Kier alpha value is -0.830. The lowest BCUT2D eigenvalue weighted by atomic mass is 9.96. The van der Waals surface area contributed by atoms with Crippen molar-refractivity contribution in [3.05, 3.63) is 29.3 Å². The highest BCUT2D eigenvalue weighted by Crippen LogP contribution is 2.52. The van der Waals surface area contributed by atoms with Gasteiger partial charge < -0.3 is 4.90 Å². The molecule has 0 aromatic heterocycles. The Morgan fingerprint density at radius 1 is 1.41 bits per heavy atom. The second-order valence-electron chi connectivity index (χ2n) is 5.09. The molecule has 1 heterocycles. The molecule has 0 bridgehead atoms. The van der Waals surface area contributed by atoms with Gasteiger partial charge in [0, 0.05) is 17.7 Å². The Labute approximate surface area is 110 Å². The highest BCUT2D eigenvalue weighted by Gasteiger charge is 2.48. The summed E-state index contributed by atoms with van der Waals surface area (Å²) in [7, 11) is 0. The molecular weight excluding hydrogens is 278 g/mol. The number of aryl methyl sites for hydroxylation is 1. The van der Waals surface area contributed by atoms with Gasteiger partial charge in [0.15, 0.2) is 0 Å². The highest BCUT2D eigenvalue weighted by molar-refractivity contribution is 9.09. The fourth-order valence-corrected chi connectivity index (χ4v) is 4.31. The van der Waals surface area contributed by atoms with Gasteiger partial charge in [-0.3, -0.25) is 4.79 Å². The molecule has 17 heavy (non-hydrogen) atoms. The van der Waals surface area contributed by atoms with Gasteiger partial charge in [0.1, 0.15) is 0 Å². The number of para-hydroxylation sites is 1. The molecule has 1 saturated carbocycles. The van der Waals surface area contributed by atoms with Gasteiger partial charge in [-0.15, -0.1) is 0 Å². The Balaban J connectivity index is 2.19. The number of hydrogen-bond donors (Lipinski definition) is 0. The van der Waals surface area contributed by atoms with E-state index in [-0.39, 0.29) is 5.91 Å². The van der Waals surface area contributed by atoms with Gasteiger partial charge >= 0.3 is 0 Å². The van der Waals surface area contributed by atoms with E-state index in [0.717, 1.165) is 6.42 Å². The molecule has 0 saturated heterocycles. The van der Waals surface area contributed by atoms with Crippen LogP contribution in [0.25, 0.3) is 0 Å². The van der Waals surface area contributed by atoms with Crippen molar-refractivity contribution in [3.8, 4) is 0 Å². The predicted octanol–water partition coefficient (Wildman–Crippen LogP) is 3.37. The summed E-state index contributed by atoms with van der Waals surface area (Å²) in [6.45, 7) is 3.77. The summed E-state index contributed by atoms with van der Waals surface area (Å²) < 4.78 is 0. The van der Waals surface area contributed by atoms with Crippen LogP contribution < -0.4 is 4.90 Å². The van der Waals surface area contributed by atoms with E-state index >= 15 is 0 Å². The quantitative estimate of drug-likeness (QED) is 0.672. The fourth-order valence-electron chi connectivity index (χ4n) is 3.44. The van der Waals surface area contributed by atoms with Gasteiger partial charge in [-0.25, -0.2) is 0 Å². The summed E-state index contributed by atoms with van der Waals surface area (Å²) in [5.41, 5.74) is 3.75. The first-order valence-corrected chi connectivity index (χ1v) is 7.06. The number of halogens is 1. The molecule has 0 radical (unpaired) electrons. The molecule has 3 rings (SSSR count). The molecule has 90 valence electrons. The van der Waals surface area contributed by atoms with Gasteiger partial charge in [0.2, 0.25) is 5.91 Å². The van der Waals surface area contributed by atoms with Crippen molar-refractivity contribution in [2.24, 2.45) is 0 Å². The number of alkyl halides is 1. The molecule has 1 aromatic rings. The summed E-state index contributed by atoms with van der Waals surface area (Å²) in [6.07, 6.45) is 2.34. The number of benzene rings is 1. The Bertz CT molecular complexity index is 485.